The molecule has 0 saturated carbocycles. The van der Waals surface area contributed by atoms with E-state index >= 15 is 0 Å². The van der Waals surface area contributed by atoms with Crippen LogP contribution in [0.15, 0.2) is 42.5 Å². The summed E-state index contributed by atoms with van der Waals surface area (Å²) in [4.78, 5) is 14.2. The van der Waals surface area contributed by atoms with Crippen LogP contribution in [0.4, 0.5) is 9.18 Å². The van der Waals surface area contributed by atoms with E-state index < -0.39 is 11.9 Å². The highest BCUT2D eigenvalue weighted by Crippen LogP contribution is 2.22. The number of urea groups is 1. The van der Waals surface area contributed by atoms with Gasteiger partial charge in [-0.15, -0.1) is 0 Å². The molecule has 126 valence electrons. The van der Waals surface area contributed by atoms with Crippen molar-refractivity contribution >= 4 is 17.6 Å². The second-order valence-electron chi connectivity index (χ2n) is 5.80. The highest BCUT2D eigenvalue weighted by atomic mass is 35.5. The smallest absolute Gasteiger partial charge is 0.318 e. The zero-order chi connectivity index (χ0) is 17.1. The van der Waals surface area contributed by atoms with E-state index in [2.05, 4.69) is 11.4 Å². The van der Waals surface area contributed by atoms with Gasteiger partial charge < -0.3 is 15.3 Å². The minimum absolute atomic E-state index is 0.0351. The largest absolute Gasteiger partial charge is 0.394 e. The molecule has 1 heterocycles. The second kappa shape index (κ2) is 7.20. The predicted octanol–water partition coefficient (Wildman–Crippen LogP) is 3.28. The summed E-state index contributed by atoms with van der Waals surface area (Å²) in [7, 11) is 0. The van der Waals surface area contributed by atoms with Crippen LogP contribution in [0, 0.1) is 5.82 Å². The van der Waals surface area contributed by atoms with Crippen molar-refractivity contribution < 1.29 is 14.3 Å². The van der Waals surface area contributed by atoms with Gasteiger partial charge >= 0.3 is 6.03 Å². The molecule has 2 N–H and O–H groups in total. The van der Waals surface area contributed by atoms with Crippen LogP contribution < -0.4 is 5.32 Å². The van der Waals surface area contributed by atoms with Crippen LogP contribution in [-0.4, -0.2) is 29.2 Å². The minimum Gasteiger partial charge on any atom is -0.394 e. The van der Waals surface area contributed by atoms with Gasteiger partial charge in [0.2, 0.25) is 0 Å². The molecule has 1 aliphatic heterocycles. The molecule has 0 saturated heterocycles. The summed E-state index contributed by atoms with van der Waals surface area (Å²) < 4.78 is 13.3. The standard InChI is InChI=1S/C18H18ClFN2O2/c19-15-9-13(5-6-16(15)20)17(11-23)21-18(24)22-8-7-12-3-1-2-4-14(12)10-22/h1-6,9,17,23H,7-8,10-11H2,(H,21,24). The Bertz CT molecular complexity index is 754. The molecule has 1 aliphatic rings. The number of aliphatic hydroxyl groups excluding tert-OH is 1. The van der Waals surface area contributed by atoms with E-state index in [0.29, 0.717) is 18.7 Å². The van der Waals surface area contributed by atoms with E-state index in [-0.39, 0.29) is 17.7 Å². The fourth-order valence-corrected chi connectivity index (χ4v) is 3.06. The molecule has 0 spiro atoms. The van der Waals surface area contributed by atoms with Crippen LogP contribution >= 0.6 is 11.6 Å². The number of aliphatic hydroxyl groups is 1. The highest BCUT2D eigenvalue weighted by Gasteiger charge is 2.23. The number of amides is 2. The molecule has 2 aromatic carbocycles. The quantitative estimate of drug-likeness (QED) is 0.894. The van der Waals surface area contributed by atoms with Crippen LogP contribution in [0.5, 0.6) is 0 Å². The first-order chi connectivity index (χ1) is 11.6. The Morgan fingerprint density at radius 2 is 2.04 bits per heavy atom. The summed E-state index contributed by atoms with van der Waals surface area (Å²) in [5, 5.41) is 12.3. The number of hydrogen-bond acceptors (Lipinski definition) is 2. The summed E-state index contributed by atoms with van der Waals surface area (Å²) in [6, 6.07) is 11.3. The monoisotopic (exact) mass is 348 g/mol. The molecule has 2 amide bonds. The average molecular weight is 349 g/mol. The van der Waals surface area contributed by atoms with Gasteiger partial charge in [0.15, 0.2) is 0 Å². The van der Waals surface area contributed by atoms with Crippen molar-refractivity contribution in [1.82, 2.24) is 10.2 Å². The lowest BCUT2D eigenvalue weighted by atomic mass is 10.0. The van der Waals surface area contributed by atoms with Crippen LogP contribution in [-0.2, 0) is 13.0 Å². The molecule has 0 radical (unpaired) electrons. The van der Waals surface area contributed by atoms with Gasteiger partial charge in [-0.1, -0.05) is 41.9 Å². The number of nitrogens with one attached hydrogen (secondary N) is 1. The van der Waals surface area contributed by atoms with E-state index in [4.69, 9.17) is 11.6 Å². The molecule has 0 fully saturated rings. The molecular weight excluding hydrogens is 331 g/mol. The third-order valence-electron chi connectivity index (χ3n) is 4.24. The van der Waals surface area contributed by atoms with E-state index in [1.54, 1.807) is 4.90 Å². The fourth-order valence-electron chi connectivity index (χ4n) is 2.87. The van der Waals surface area contributed by atoms with Crippen molar-refractivity contribution in [2.75, 3.05) is 13.2 Å². The number of carbonyl (C=O) groups excluding carboxylic acids is 1. The summed E-state index contributed by atoms with van der Waals surface area (Å²) in [6.07, 6.45) is 0.801. The lowest BCUT2D eigenvalue weighted by Gasteiger charge is -2.30. The number of carbonyl (C=O) groups is 1. The highest BCUT2D eigenvalue weighted by molar-refractivity contribution is 6.30. The average Bonchev–Trinajstić information content (AvgIpc) is 2.61. The SMILES string of the molecule is O=C(NC(CO)c1ccc(F)c(Cl)c1)N1CCc2ccccc2C1. The summed E-state index contributed by atoms with van der Waals surface area (Å²) >= 11 is 5.78. The second-order valence-corrected chi connectivity index (χ2v) is 6.21. The number of fused-ring (bicyclic) bond motifs is 1. The van der Waals surface area contributed by atoms with E-state index in [1.807, 2.05) is 18.2 Å². The van der Waals surface area contributed by atoms with Crippen molar-refractivity contribution in [1.29, 1.82) is 0 Å². The Labute approximate surface area is 144 Å². The number of hydrogen-bond donors (Lipinski definition) is 2. The third kappa shape index (κ3) is 3.52. The van der Waals surface area contributed by atoms with E-state index in [0.717, 1.165) is 12.0 Å². The lowest BCUT2D eigenvalue weighted by molar-refractivity contribution is 0.177. The summed E-state index contributed by atoms with van der Waals surface area (Å²) in [5.74, 6) is -0.531. The van der Waals surface area contributed by atoms with Gasteiger partial charge in [0.05, 0.1) is 17.7 Å². The van der Waals surface area contributed by atoms with Gasteiger partial charge in [0, 0.05) is 13.1 Å². The zero-order valence-electron chi connectivity index (χ0n) is 13.0. The number of halogens is 2. The van der Waals surface area contributed by atoms with Gasteiger partial charge in [0.25, 0.3) is 0 Å². The van der Waals surface area contributed by atoms with Crippen molar-refractivity contribution in [3.05, 3.63) is 70.0 Å². The van der Waals surface area contributed by atoms with Crippen molar-refractivity contribution in [3.8, 4) is 0 Å². The molecule has 0 aromatic heterocycles. The molecule has 4 nitrogen and oxygen atoms in total. The first kappa shape index (κ1) is 16.7. The molecule has 0 bridgehead atoms. The fraction of sp³-hybridized carbons (Fsp3) is 0.278. The van der Waals surface area contributed by atoms with Gasteiger partial charge in [-0.2, -0.15) is 0 Å². The van der Waals surface area contributed by atoms with E-state index in [9.17, 15) is 14.3 Å². The molecular formula is C18H18ClFN2O2. The Kier molecular flexibility index (Phi) is 5.02. The topological polar surface area (TPSA) is 52.6 Å². The maximum atomic E-state index is 13.3. The maximum absolute atomic E-state index is 13.3. The zero-order valence-corrected chi connectivity index (χ0v) is 13.8. The first-order valence-corrected chi connectivity index (χ1v) is 8.14. The van der Waals surface area contributed by atoms with Crippen molar-refractivity contribution in [2.24, 2.45) is 0 Å². The normalized spacial score (nSPS) is 14.9. The Morgan fingerprint density at radius 1 is 1.29 bits per heavy atom. The summed E-state index contributed by atoms with van der Waals surface area (Å²) in [6.45, 7) is 0.855. The number of nitrogens with zero attached hydrogens (tertiary/aromatic N) is 1. The molecule has 24 heavy (non-hydrogen) atoms. The summed E-state index contributed by atoms with van der Waals surface area (Å²) in [5.41, 5.74) is 2.95. The molecule has 1 atom stereocenters. The Hall–Kier alpha value is -2.11. The maximum Gasteiger partial charge on any atom is 0.318 e. The van der Waals surface area contributed by atoms with Crippen LogP contribution in [0.3, 0.4) is 0 Å². The van der Waals surface area contributed by atoms with Gasteiger partial charge in [-0.3, -0.25) is 0 Å². The molecule has 2 aromatic rings. The first-order valence-electron chi connectivity index (χ1n) is 7.76. The number of benzene rings is 2. The molecule has 3 rings (SSSR count). The molecule has 0 aliphatic carbocycles. The van der Waals surface area contributed by atoms with Gasteiger partial charge in [-0.25, -0.2) is 9.18 Å². The lowest BCUT2D eigenvalue weighted by Crippen LogP contribution is -2.44. The third-order valence-corrected chi connectivity index (χ3v) is 4.53. The molecule has 1 unspecified atom stereocenters. The van der Waals surface area contributed by atoms with Crippen molar-refractivity contribution in [3.63, 3.8) is 0 Å². The van der Waals surface area contributed by atoms with E-state index in [1.165, 1.54) is 23.8 Å². The van der Waals surface area contributed by atoms with Crippen LogP contribution in [0.1, 0.15) is 22.7 Å². The van der Waals surface area contributed by atoms with Crippen LogP contribution in [0.2, 0.25) is 5.02 Å². The minimum atomic E-state index is -0.632. The Balaban J connectivity index is 1.70. The molecule has 6 heteroatoms. The van der Waals surface area contributed by atoms with Gasteiger partial charge in [-0.05, 0) is 35.2 Å². The van der Waals surface area contributed by atoms with Crippen LogP contribution in [0.25, 0.3) is 0 Å². The van der Waals surface area contributed by atoms with Gasteiger partial charge in [0.1, 0.15) is 5.82 Å². The predicted molar refractivity (Wildman–Crippen MR) is 90.3 cm³/mol. The van der Waals surface area contributed by atoms with Crippen molar-refractivity contribution in [2.45, 2.75) is 19.0 Å². The Morgan fingerprint density at radius 3 is 2.75 bits per heavy atom. The number of rotatable bonds is 3.